The van der Waals surface area contributed by atoms with E-state index < -0.39 is 4.92 Å². The second-order valence-corrected chi connectivity index (χ2v) is 6.20. The molecule has 0 saturated carbocycles. The third-order valence-corrected chi connectivity index (χ3v) is 3.36. The number of anilines is 1. The first kappa shape index (κ1) is 14.4. The minimum absolute atomic E-state index is 0.0657. The first-order chi connectivity index (χ1) is 9.36. The van der Waals surface area contributed by atoms with Gasteiger partial charge < -0.3 is 5.32 Å². The maximum Gasteiger partial charge on any atom is 0.269 e. The van der Waals surface area contributed by atoms with Crippen molar-refractivity contribution in [3.05, 3.63) is 45.8 Å². The van der Waals surface area contributed by atoms with Gasteiger partial charge in [-0.05, 0) is 5.56 Å². The van der Waals surface area contributed by atoms with Crippen LogP contribution in [0.5, 0.6) is 0 Å². The Balaban J connectivity index is 1.98. The number of nitro groups is 1. The van der Waals surface area contributed by atoms with E-state index in [0.717, 1.165) is 16.5 Å². The van der Waals surface area contributed by atoms with E-state index in [1.807, 2.05) is 0 Å². The van der Waals surface area contributed by atoms with Crippen molar-refractivity contribution in [2.24, 2.45) is 0 Å². The van der Waals surface area contributed by atoms with Crippen LogP contribution in [0.25, 0.3) is 0 Å². The van der Waals surface area contributed by atoms with Gasteiger partial charge in [-0.15, -0.1) is 0 Å². The summed E-state index contributed by atoms with van der Waals surface area (Å²) in [4.78, 5) is 14.6. The fraction of sp³-hybridized carbons (Fsp3) is 0.385. The number of nitrogens with one attached hydrogen (secondary N) is 1. The Labute approximate surface area is 121 Å². The average Bonchev–Trinajstić information content (AvgIpc) is 2.85. The molecule has 2 rings (SSSR count). The third kappa shape index (κ3) is 3.51. The van der Waals surface area contributed by atoms with Gasteiger partial charge in [-0.2, -0.15) is 4.37 Å². The summed E-state index contributed by atoms with van der Waals surface area (Å²) in [6.45, 7) is 6.76. The van der Waals surface area contributed by atoms with E-state index in [1.54, 1.807) is 12.1 Å². The molecular weight excluding hydrogens is 276 g/mol. The van der Waals surface area contributed by atoms with Crippen molar-refractivity contribution in [1.29, 1.82) is 0 Å². The van der Waals surface area contributed by atoms with Crippen LogP contribution < -0.4 is 5.32 Å². The predicted octanol–water partition coefficient (Wildman–Crippen LogP) is 3.36. The number of nitrogens with zero attached hydrogens (tertiary/aromatic N) is 3. The lowest BCUT2D eigenvalue weighted by Crippen LogP contribution is -2.13. The van der Waals surface area contributed by atoms with E-state index >= 15 is 0 Å². The minimum atomic E-state index is -0.405. The summed E-state index contributed by atoms with van der Waals surface area (Å²) in [5, 5.41) is 14.5. The Morgan fingerprint density at radius 1 is 1.30 bits per heavy atom. The second kappa shape index (κ2) is 5.54. The fourth-order valence-electron chi connectivity index (χ4n) is 1.51. The van der Waals surface area contributed by atoms with Crippen LogP contribution in [0.1, 0.15) is 32.2 Å². The fourth-order valence-corrected chi connectivity index (χ4v) is 2.26. The zero-order valence-electron chi connectivity index (χ0n) is 11.6. The molecule has 1 aromatic heterocycles. The van der Waals surface area contributed by atoms with Gasteiger partial charge in [0, 0.05) is 35.6 Å². The van der Waals surface area contributed by atoms with Crippen LogP contribution in [0, 0.1) is 10.1 Å². The lowest BCUT2D eigenvalue weighted by Gasteiger charge is -2.12. The molecule has 0 amide bonds. The zero-order chi connectivity index (χ0) is 14.8. The van der Waals surface area contributed by atoms with Crippen LogP contribution in [0.3, 0.4) is 0 Å². The standard InChI is InChI=1S/C13H16N4O2S/c1-13(2,3)11-15-12(20-16-11)14-8-9-4-6-10(7-5-9)17(18)19/h4-7H,8H2,1-3H3,(H,14,15,16). The van der Waals surface area contributed by atoms with Gasteiger partial charge in [0.05, 0.1) is 4.92 Å². The topological polar surface area (TPSA) is 81.0 Å². The molecule has 0 aliphatic heterocycles. The summed E-state index contributed by atoms with van der Waals surface area (Å²) in [7, 11) is 0. The molecule has 20 heavy (non-hydrogen) atoms. The minimum Gasteiger partial charge on any atom is -0.356 e. The van der Waals surface area contributed by atoms with E-state index in [9.17, 15) is 10.1 Å². The molecule has 1 N–H and O–H groups in total. The molecule has 0 aliphatic carbocycles. The van der Waals surface area contributed by atoms with Crippen molar-refractivity contribution in [3.8, 4) is 0 Å². The van der Waals surface area contributed by atoms with E-state index in [2.05, 4.69) is 35.4 Å². The lowest BCUT2D eigenvalue weighted by atomic mass is 9.96. The molecule has 0 spiro atoms. The molecule has 0 aliphatic rings. The van der Waals surface area contributed by atoms with Gasteiger partial charge in [0.25, 0.3) is 5.69 Å². The molecule has 7 heteroatoms. The molecule has 0 radical (unpaired) electrons. The number of benzene rings is 1. The van der Waals surface area contributed by atoms with Crippen LogP contribution in [0.2, 0.25) is 0 Å². The first-order valence-corrected chi connectivity index (χ1v) is 6.95. The summed E-state index contributed by atoms with van der Waals surface area (Å²) in [5.41, 5.74) is 0.992. The van der Waals surface area contributed by atoms with Gasteiger partial charge in [-0.25, -0.2) is 4.98 Å². The Morgan fingerprint density at radius 3 is 2.45 bits per heavy atom. The van der Waals surface area contributed by atoms with E-state index in [-0.39, 0.29) is 11.1 Å². The smallest absolute Gasteiger partial charge is 0.269 e. The van der Waals surface area contributed by atoms with E-state index in [1.165, 1.54) is 23.7 Å². The number of nitro benzene ring substituents is 1. The number of hydrogen-bond donors (Lipinski definition) is 1. The monoisotopic (exact) mass is 292 g/mol. The van der Waals surface area contributed by atoms with Crippen molar-refractivity contribution >= 4 is 22.4 Å². The van der Waals surface area contributed by atoms with Gasteiger partial charge in [-0.1, -0.05) is 32.9 Å². The summed E-state index contributed by atoms with van der Waals surface area (Å²) in [6, 6.07) is 6.46. The third-order valence-electron chi connectivity index (χ3n) is 2.69. The van der Waals surface area contributed by atoms with Gasteiger partial charge in [-0.3, -0.25) is 10.1 Å². The highest BCUT2D eigenvalue weighted by Gasteiger charge is 2.19. The molecule has 106 valence electrons. The molecule has 0 fully saturated rings. The maximum atomic E-state index is 10.6. The first-order valence-electron chi connectivity index (χ1n) is 6.17. The van der Waals surface area contributed by atoms with Crippen LogP contribution >= 0.6 is 11.5 Å². The number of rotatable bonds is 4. The molecule has 1 aromatic carbocycles. The number of non-ortho nitro benzene ring substituents is 1. The van der Waals surface area contributed by atoms with Gasteiger partial charge in [0.1, 0.15) is 5.82 Å². The largest absolute Gasteiger partial charge is 0.356 e. The lowest BCUT2D eigenvalue weighted by molar-refractivity contribution is -0.384. The molecular formula is C13H16N4O2S. The van der Waals surface area contributed by atoms with Crippen LogP contribution in [0.4, 0.5) is 10.8 Å². The van der Waals surface area contributed by atoms with Crippen LogP contribution in [0.15, 0.2) is 24.3 Å². The van der Waals surface area contributed by atoms with Crippen LogP contribution in [-0.4, -0.2) is 14.3 Å². The predicted molar refractivity (Wildman–Crippen MR) is 79.0 cm³/mol. The Bertz CT molecular complexity index is 602. The normalized spacial score (nSPS) is 11.3. The molecule has 6 nitrogen and oxygen atoms in total. The molecule has 0 atom stereocenters. The quantitative estimate of drug-likeness (QED) is 0.690. The van der Waals surface area contributed by atoms with Gasteiger partial charge in [0.2, 0.25) is 5.13 Å². The summed E-state index contributed by atoms with van der Waals surface area (Å²) in [6.07, 6.45) is 0. The number of aromatic nitrogens is 2. The van der Waals surface area contributed by atoms with Gasteiger partial charge >= 0.3 is 0 Å². The maximum absolute atomic E-state index is 10.6. The van der Waals surface area contributed by atoms with Crippen LogP contribution in [-0.2, 0) is 12.0 Å². The highest BCUT2D eigenvalue weighted by molar-refractivity contribution is 7.09. The van der Waals surface area contributed by atoms with Crippen molar-refractivity contribution in [3.63, 3.8) is 0 Å². The molecule has 0 unspecified atom stereocenters. The van der Waals surface area contributed by atoms with E-state index in [4.69, 9.17) is 0 Å². The van der Waals surface area contributed by atoms with Crippen molar-refractivity contribution in [1.82, 2.24) is 9.36 Å². The SMILES string of the molecule is CC(C)(C)c1nsc(NCc2ccc([N+](=O)[O-])cc2)n1. The van der Waals surface area contributed by atoms with Crippen molar-refractivity contribution < 1.29 is 4.92 Å². The Kier molecular flexibility index (Phi) is 3.99. The van der Waals surface area contributed by atoms with Crippen molar-refractivity contribution in [2.45, 2.75) is 32.7 Å². The molecule has 1 heterocycles. The summed E-state index contributed by atoms with van der Waals surface area (Å²) in [5.74, 6) is 0.814. The highest BCUT2D eigenvalue weighted by atomic mass is 32.1. The van der Waals surface area contributed by atoms with Gasteiger partial charge in [0.15, 0.2) is 0 Å². The summed E-state index contributed by atoms with van der Waals surface area (Å²) < 4.78 is 4.32. The van der Waals surface area contributed by atoms with Crippen molar-refractivity contribution in [2.75, 3.05) is 5.32 Å². The second-order valence-electron chi connectivity index (χ2n) is 5.45. The Morgan fingerprint density at radius 2 is 1.95 bits per heavy atom. The average molecular weight is 292 g/mol. The molecule has 2 aromatic rings. The molecule has 0 bridgehead atoms. The number of hydrogen-bond acceptors (Lipinski definition) is 6. The zero-order valence-corrected chi connectivity index (χ0v) is 12.4. The Hall–Kier alpha value is -2.02. The summed E-state index contributed by atoms with van der Waals surface area (Å²) >= 11 is 1.32. The highest BCUT2D eigenvalue weighted by Crippen LogP contribution is 2.23. The molecule has 0 saturated heterocycles. The van der Waals surface area contributed by atoms with E-state index in [0.29, 0.717) is 6.54 Å².